The Bertz CT molecular complexity index is 863. The molecule has 0 bridgehead atoms. The third-order valence-electron chi connectivity index (χ3n) is 5.23. The van der Waals surface area contributed by atoms with E-state index in [1.165, 1.54) is 5.57 Å². The molecule has 6 nitrogen and oxygen atoms in total. The number of nitrogens with zero attached hydrogens (tertiary/aromatic N) is 1. The SMILES string of the molecule is Nc1cc(NC(=O)OCc2ccccc2)ccc1C1=CCN(C2COC2)CC1. The number of nitrogens with one attached hydrogen (secondary N) is 1. The first-order chi connectivity index (χ1) is 13.7. The van der Waals surface area contributed by atoms with E-state index in [2.05, 4.69) is 16.3 Å². The third-order valence-corrected chi connectivity index (χ3v) is 5.23. The Morgan fingerprint density at radius 3 is 2.68 bits per heavy atom. The van der Waals surface area contributed by atoms with Crippen molar-refractivity contribution in [2.75, 3.05) is 37.4 Å². The average Bonchev–Trinajstić information content (AvgIpc) is 2.67. The molecule has 2 aliphatic heterocycles. The van der Waals surface area contributed by atoms with Gasteiger partial charge >= 0.3 is 6.09 Å². The molecule has 0 radical (unpaired) electrons. The summed E-state index contributed by atoms with van der Waals surface area (Å²) in [6.07, 6.45) is 2.72. The molecule has 0 unspecified atom stereocenters. The van der Waals surface area contributed by atoms with Crippen LogP contribution in [0.4, 0.5) is 16.2 Å². The minimum Gasteiger partial charge on any atom is -0.444 e. The summed E-state index contributed by atoms with van der Waals surface area (Å²) >= 11 is 0. The van der Waals surface area contributed by atoms with Crippen molar-refractivity contribution < 1.29 is 14.3 Å². The maximum absolute atomic E-state index is 12.0. The highest BCUT2D eigenvalue weighted by Crippen LogP contribution is 2.30. The Hall–Kier alpha value is -2.83. The lowest BCUT2D eigenvalue weighted by molar-refractivity contribution is -0.0612. The van der Waals surface area contributed by atoms with E-state index in [0.717, 1.165) is 43.9 Å². The normalized spacial score (nSPS) is 17.5. The molecule has 2 aliphatic rings. The number of rotatable bonds is 5. The van der Waals surface area contributed by atoms with Crippen molar-refractivity contribution in [2.24, 2.45) is 0 Å². The van der Waals surface area contributed by atoms with E-state index in [0.29, 0.717) is 17.4 Å². The highest BCUT2D eigenvalue weighted by Gasteiger charge is 2.27. The Morgan fingerprint density at radius 2 is 2.04 bits per heavy atom. The van der Waals surface area contributed by atoms with Crippen LogP contribution < -0.4 is 11.1 Å². The van der Waals surface area contributed by atoms with Gasteiger partial charge in [0.1, 0.15) is 6.61 Å². The molecule has 2 aromatic carbocycles. The molecule has 0 aromatic heterocycles. The molecule has 6 heteroatoms. The zero-order chi connectivity index (χ0) is 19.3. The second kappa shape index (κ2) is 8.46. The second-order valence-electron chi connectivity index (χ2n) is 7.15. The van der Waals surface area contributed by atoms with Gasteiger partial charge in [0.25, 0.3) is 0 Å². The summed E-state index contributed by atoms with van der Waals surface area (Å²) in [5, 5.41) is 2.74. The summed E-state index contributed by atoms with van der Waals surface area (Å²) in [5.74, 6) is 0. The molecule has 0 spiro atoms. The predicted molar refractivity (Wildman–Crippen MR) is 110 cm³/mol. The number of carbonyl (C=O) groups is 1. The van der Waals surface area contributed by atoms with Gasteiger partial charge in [-0.3, -0.25) is 10.2 Å². The number of nitrogen functional groups attached to an aromatic ring is 1. The van der Waals surface area contributed by atoms with Crippen LogP contribution in [0.2, 0.25) is 0 Å². The number of anilines is 2. The van der Waals surface area contributed by atoms with Gasteiger partial charge in [-0.2, -0.15) is 0 Å². The molecule has 1 fully saturated rings. The molecule has 0 saturated carbocycles. The fourth-order valence-corrected chi connectivity index (χ4v) is 3.51. The molecule has 3 N–H and O–H groups in total. The lowest BCUT2D eigenvalue weighted by Crippen LogP contribution is -2.50. The lowest BCUT2D eigenvalue weighted by atomic mass is 9.96. The third kappa shape index (κ3) is 4.35. The molecule has 4 rings (SSSR count). The van der Waals surface area contributed by atoms with E-state index in [-0.39, 0.29) is 6.61 Å². The molecular formula is C22H25N3O3. The fraction of sp³-hybridized carbons (Fsp3) is 0.318. The number of hydrogen-bond acceptors (Lipinski definition) is 5. The van der Waals surface area contributed by atoms with E-state index in [4.69, 9.17) is 15.2 Å². The molecule has 0 aliphatic carbocycles. The second-order valence-corrected chi connectivity index (χ2v) is 7.15. The first-order valence-electron chi connectivity index (χ1n) is 9.57. The summed E-state index contributed by atoms with van der Waals surface area (Å²) < 4.78 is 10.5. The smallest absolute Gasteiger partial charge is 0.411 e. The summed E-state index contributed by atoms with van der Waals surface area (Å²) in [4.78, 5) is 14.5. The summed E-state index contributed by atoms with van der Waals surface area (Å²) in [7, 11) is 0. The Kier molecular flexibility index (Phi) is 5.60. The molecule has 0 atom stereocenters. The van der Waals surface area contributed by atoms with Crippen molar-refractivity contribution in [3.63, 3.8) is 0 Å². The van der Waals surface area contributed by atoms with E-state index < -0.39 is 6.09 Å². The van der Waals surface area contributed by atoms with Crippen molar-refractivity contribution >= 4 is 23.0 Å². The predicted octanol–water partition coefficient (Wildman–Crippen LogP) is 3.51. The van der Waals surface area contributed by atoms with Gasteiger partial charge in [-0.15, -0.1) is 0 Å². The van der Waals surface area contributed by atoms with Crippen LogP contribution in [0.3, 0.4) is 0 Å². The standard InChI is InChI=1S/C22H25N3O3/c23-21-12-18(24-22(26)28-13-16-4-2-1-3-5-16)6-7-20(21)17-8-10-25(11-9-17)19-14-27-15-19/h1-8,12,19H,9-11,13-15,23H2,(H,24,26). The Balaban J connectivity index is 1.34. The molecule has 146 valence electrons. The average molecular weight is 379 g/mol. The van der Waals surface area contributed by atoms with Crippen LogP contribution >= 0.6 is 0 Å². The molecule has 1 amide bonds. The van der Waals surface area contributed by atoms with Gasteiger partial charge in [-0.1, -0.05) is 42.5 Å². The van der Waals surface area contributed by atoms with Gasteiger partial charge in [0.05, 0.1) is 19.3 Å². The minimum atomic E-state index is -0.494. The zero-order valence-corrected chi connectivity index (χ0v) is 15.8. The van der Waals surface area contributed by atoms with Crippen molar-refractivity contribution in [3.8, 4) is 0 Å². The minimum absolute atomic E-state index is 0.232. The van der Waals surface area contributed by atoms with Crippen molar-refractivity contribution in [3.05, 3.63) is 65.7 Å². The van der Waals surface area contributed by atoms with Gasteiger partial charge in [0.15, 0.2) is 0 Å². The molecule has 28 heavy (non-hydrogen) atoms. The van der Waals surface area contributed by atoms with Gasteiger partial charge < -0.3 is 15.2 Å². The fourth-order valence-electron chi connectivity index (χ4n) is 3.51. The van der Waals surface area contributed by atoms with Crippen LogP contribution in [-0.4, -0.2) is 43.3 Å². The number of carbonyl (C=O) groups excluding carboxylic acids is 1. The highest BCUT2D eigenvalue weighted by molar-refractivity contribution is 5.87. The first-order valence-corrected chi connectivity index (χ1v) is 9.57. The van der Waals surface area contributed by atoms with Crippen LogP contribution in [0.15, 0.2) is 54.6 Å². The van der Waals surface area contributed by atoms with Gasteiger partial charge in [0.2, 0.25) is 0 Å². The molecule has 1 saturated heterocycles. The molecule has 2 heterocycles. The van der Waals surface area contributed by atoms with Crippen molar-refractivity contribution in [2.45, 2.75) is 19.1 Å². The number of hydrogen-bond donors (Lipinski definition) is 2. The van der Waals surface area contributed by atoms with Gasteiger partial charge in [-0.25, -0.2) is 4.79 Å². The number of ether oxygens (including phenoxy) is 2. The maximum Gasteiger partial charge on any atom is 0.411 e. The Morgan fingerprint density at radius 1 is 1.21 bits per heavy atom. The topological polar surface area (TPSA) is 76.8 Å². The summed E-state index contributed by atoms with van der Waals surface area (Å²) in [6, 6.07) is 15.8. The quantitative estimate of drug-likeness (QED) is 0.778. The summed E-state index contributed by atoms with van der Waals surface area (Å²) in [6.45, 7) is 3.85. The highest BCUT2D eigenvalue weighted by atomic mass is 16.5. The van der Waals surface area contributed by atoms with Gasteiger partial charge in [-0.05, 0) is 29.7 Å². The van der Waals surface area contributed by atoms with Crippen LogP contribution in [0.25, 0.3) is 5.57 Å². The van der Waals surface area contributed by atoms with E-state index in [1.807, 2.05) is 42.5 Å². The van der Waals surface area contributed by atoms with E-state index in [1.54, 1.807) is 6.07 Å². The summed E-state index contributed by atoms with van der Waals surface area (Å²) in [5.41, 5.74) is 10.8. The van der Waals surface area contributed by atoms with Crippen molar-refractivity contribution in [1.82, 2.24) is 4.90 Å². The number of amides is 1. The van der Waals surface area contributed by atoms with Crippen molar-refractivity contribution in [1.29, 1.82) is 0 Å². The van der Waals surface area contributed by atoms with Crippen LogP contribution in [0, 0.1) is 0 Å². The zero-order valence-electron chi connectivity index (χ0n) is 15.8. The largest absolute Gasteiger partial charge is 0.444 e. The van der Waals surface area contributed by atoms with Crippen LogP contribution in [0.5, 0.6) is 0 Å². The lowest BCUT2D eigenvalue weighted by Gasteiger charge is -2.39. The van der Waals surface area contributed by atoms with Crippen LogP contribution in [0.1, 0.15) is 17.5 Å². The number of nitrogens with two attached hydrogens (primary N) is 1. The monoisotopic (exact) mass is 379 g/mol. The van der Waals surface area contributed by atoms with Crippen LogP contribution in [-0.2, 0) is 16.1 Å². The van der Waals surface area contributed by atoms with Gasteiger partial charge in [0, 0.05) is 30.0 Å². The molecular weight excluding hydrogens is 354 g/mol. The molecule has 2 aromatic rings. The Labute approximate surface area is 164 Å². The number of benzene rings is 2. The van der Waals surface area contributed by atoms with E-state index >= 15 is 0 Å². The first kappa shape index (κ1) is 18.5. The maximum atomic E-state index is 12.0. The van der Waals surface area contributed by atoms with E-state index in [9.17, 15) is 4.79 Å².